The molecule has 0 saturated carbocycles. The molecule has 0 aliphatic carbocycles. The molecule has 0 aliphatic rings. The van der Waals surface area contributed by atoms with Crippen LogP contribution < -0.4 is 14.8 Å². The van der Waals surface area contributed by atoms with Crippen LogP contribution in [0.15, 0.2) is 65.1 Å². The summed E-state index contributed by atoms with van der Waals surface area (Å²) in [6, 6.07) is 17.0. The first-order chi connectivity index (χ1) is 15.5. The van der Waals surface area contributed by atoms with Crippen LogP contribution in [-0.4, -0.2) is 23.2 Å². The number of carbonyl (C=O) groups is 2. The molecule has 1 aromatic heterocycles. The molecule has 9 heteroatoms. The smallest absolute Gasteiger partial charge is 0.329 e. The van der Waals surface area contributed by atoms with Crippen LogP contribution >= 0.6 is 23.5 Å². The number of amides is 2. The molecule has 1 heterocycles. The molecule has 0 unspecified atom stereocenters. The Kier molecular flexibility index (Phi) is 6.34. The van der Waals surface area contributed by atoms with E-state index >= 15 is 0 Å². The third kappa shape index (κ3) is 4.56. The minimum Gasteiger partial charge on any atom is -0.495 e. The molecule has 3 aromatic carbocycles. The number of rotatable bonds is 4. The lowest BCUT2D eigenvalue weighted by atomic mass is 10.1. The zero-order valence-corrected chi connectivity index (χ0v) is 18.7. The zero-order chi connectivity index (χ0) is 22.7. The second-order valence-electron chi connectivity index (χ2n) is 6.76. The van der Waals surface area contributed by atoms with Crippen molar-refractivity contribution in [2.75, 3.05) is 12.4 Å². The van der Waals surface area contributed by atoms with Gasteiger partial charge in [-0.3, -0.25) is 9.52 Å². The quantitative estimate of drug-likeness (QED) is 0.353. The minimum absolute atomic E-state index is 0.315. The van der Waals surface area contributed by atoms with Crippen LogP contribution in [0.2, 0.25) is 5.02 Å². The van der Waals surface area contributed by atoms with Crippen molar-refractivity contribution in [3.05, 3.63) is 76.8 Å². The summed E-state index contributed by atoms with van der Waals surface area (Å²) in [5, 5.41) is 2.71. The van der Waals surface area contributed by atoms with Crippen LogP contribution in [-0.2, 0) is 0 Å². The lowest BCUT2D eigenvalue weighted by Crippen LogP contribution is -2.24. The largest absolute Gasteiger partial charge is 0.495 e. The number of nitrogens with zero attached hydrogens (tertiary/aromatic N) is 1. The predicted octanol–water partition coefficient (Wildman–Crippen LogP) is 6.08. The lowest BCUT2D eigenvalue weighted by Gasteiger charge is -2.11. The monoisotopic (exact) mass is 467 g/mol. The Morgan fingerprint density at radius 3 is 2.66 bits per heavy atom. The van der Waals surface area contributed by atoms with Gasteiger partial charge in [0.05, 0.1) is 12.1 Å². The fourth-order valence-electron chi connectivity index (χ4n) is 3.08. The topological polar surface area (TPSA) is 93.5 Å². The predicted molar refractivity (Wildman–Crippen MR) is 126 cm³/mol. The molecular weight excluding hydrogens is 450 g/mol. The number of carbonyl (C=O) groups excluding carboxylic acids is 2. The van der Waals surface area contributed by atoms with Gasteiger partial charge in [-0.05, 0) is 55.0 Å². The van der Waals surface area contributed by atoms with Crippen molar-refractivity contribution in [1.82, 2.24) is 9.71 Å². The van der Waals surface area contributed by atoms with E-state index in [1.807, 2.05) is 37.3 Å². The van der Waals surface area contributed by atoms with E-state index in [1.165, 1.54) is 13.2 Å². The third-order valence-electron chi connectivity index (χ3n) is 4.73. The summed E-state index contributed by atoms with van der Waals surface area (Å²) in [5.74, 6) is 0.932. The summed E-state index contributed by atoms with van der Waals surface area (Å²) >= 11 is 6.71. The highest BCUT2D eigenvalue weighted by Gasteiger charge is 2.15. The second kappa shape index (κ2) is 9.33. The Morgan fingerprint density at radius 1 is 1.09 bits per heavy atom. The lowest BCUT2D eigenvalue weighted by molar-refractivity contribution is 0.108. The number of para-hydroxylation sites is 2. The Bertz CT molecular complexity index is 1290. The number of aromatic nitrogens is 1. The highest BCUT2D eigenvalue weighted by atomic mass is 35.5. The molecule has 0 bridgehead atoms. The highest BCUT2D eigenvalue weighted by Crippen LogP contribution is 2.30. The number of methoxy groups -OCH3 is 1. The van der Waals surface area contributed by atoms with Crippen LogP contribution in [0.1, 0.15) is 15.9 Å². The van der Waals surface area contributed by atoms with Gasteiger partial charge in [-0.1, -0.05) is 29.8 Å². The van der Waals surface area contributed by atoms with E-state index in [0.717, 1.165) is 16.6 Å². The van der Waals surface area contributed by atoms with Crippen molar-refractivity contribution in [2.24, 2.45) is 0 Å². The van der Waals surface area contributed by atoms with Crippen LogP contribution in [0.3, 0.4) is 0 Å². The molecule has 0 aliphatic heterocycles. The number of anilines is 1. The van der Waals surface area contributed by atoms with E-state index in [-0.39, 0.29) is 5.12 Å². The van der Waals surface area contributed by atoms with Crippen LogP contribution in [0.5, 0.6) is 5.75 Å². The Morgan fingerprint density at radius 2 is 1.91 bits per heavy atom. The normalized spacial score (nSPS) is 10.7. The first-order valence-electron chi connectivity index (χ1n) is 9.53. The number of oxazole rings is 1. The zero-order valence-electron chi connectivity index (χ0n) is 17.1. The van der Waals surface area contributed by atoms with Crippen molar-refractivity contribution in [3.63, 3.8) is 0 Å². The molecule has 4 aromatic rings. The van der Waals surface area contributed by atoms with Crippen LogP contribution in [0, 0.1) is 6.92 Å². The number of halogens is 1. The molecular formula is C23H18ClN3O4S. The molecule has 0 atom stereocenters. The van der Waals surface area contributed by atoms with E-state index in [0.29, 0.717) is 45.4 Å². The van der Waals surface area contributed by atoms with Crippen LogP contribution in [0.4, 0.5) is 10.5 Å². The SMILES string of the molecule is COc1ccc(C(=O)SNC(=O)Nc2cccc(-c3nc4ccccc4o3)c2C)cc1Cl. The van der Waals surface area contributed by atoms with Gasteiger partial charge in [0, 0.05) is 28.8 Å². The molecule has 0 spiro atoms. The fourth-order valence-corrected chi connectivity index (χ4v) is 3.82. The molecule has 7 nitrogen and oxygen atoms in total. The summed E-state index contributed by atoms with van der Waals surface area (Å²) in [5.41, 5.74) is 3.90. The van der Waals surface area contributed by atoms with E-state index < -0.39 is 6.03 Å². The number of nitrogens with one attached hydrogen (secondary N) is 2. The number of fused-ring (bicyclic) bond motifs is 1. The van der Waals surface area contributed by atoms with Gasteiger partial charge in [-0.2, -0.15) is 0 Å². The number of benzene rings is 3. The number of hydrogen-bond acceptors (Lipinski definition) is 6. The van der Waals surface area contributed by atoms with Crippen molar-refractivity contribution in [3.8, 4) is 17.2 Å². The summed E-state index contributed by atoms with van der Waals surface area (Å²) < 4.78 is 13.4. The van der Waals surface area contributed by atoms with Crippen molar-refractivity contribution >= 4 is 51.5 Å². The molecule has 2 amide bonds. The molecule has 0 fully saturated rings. The molecule has 32 heavy (non-hydrogen) atoms. The van der Waals surface area contributed by atoms with Gasteiger partial charge in [0.2, 0.25) is 11.0 Å². The Labute approximate surface area is 193 Å². The summed E-state index contributed by atoms with van der Waals surface area (Å²) in [7, 11) is 1.49. The van der Waals surface area contributed by atoms with Gasteiger partial charge in [0.25, 0.3) is 0 Å². The average Bonchev–Trinajstić information content (AvgIpc) is 3.23. The van der Waals surface area contributed by atoms with Crippen molar-refractivity contribution in [2.45, 2.75) is 6.92 Å². The Hall–Kier alpha value is -3.49. The van der Waals surface area contributed by atoms with Gasteiger partial charge >= 0.3 is 6.03 Å². The van der Waals surface area contributed by atoms with Gasteiger partial charge in [0.15, 0.2) is 5.58 Å². The van der Waals surface area contributed by atoms with Gasteiger partial charge in [0.1, 0.15) is 11.3 Å². The molecule has 162 valence electrons. The molecule has 4 rings (SSSR count). The summed E-state index contributed by atoms with van der Waals surface area (Å²) in [6.07, 6.45) is 0. The number of ether oxygens (including phenoxy) is 1. The molecule has 2 N–H and O–H groups in total. The van der Waals surface area contributed by atoms with E-state index in [1.54, 1.807) is 24.3 Å². The summed E-state index contributed by atoms with van der Waals surface area (Å²) in [4.78, 5) is 29.2. The third-order valence-corrected chi connectivity index (χ3v) is 5.73. The van der Waals surface area contributed by atoms with Crippen LogP contribution in [0.25, 0.3) is 22.6 Å². The number of urea groups is 1. The maximum atomic E-state index is 12.4. The highest BCUT2D eigenvalue weighted by molar-refractivity contribution is 8.12. The first-order valence-corrected chi connectivity index (χ1v) is 10.7. The van der Waals surface area contributed by atoms with E-state index in [9.17, 15) is 9.59 Å². The maximum Gasteiger partial charge on any atom is 0.329 e. The van der Waals surface area contributed by atoms with Gasteiger partial charge in [-0.15, -0.1) is 0 Å². The van der Waals surface area contributed by atoms with E-state index in [2.05, 4.69) is 15.0 Å². The van der Waals surface area contributed by atoms with E-state index in [4.69, 9.17) is 20.8 Å². The maximum absolute atomic E-state index is 12.4. The Balaban J connectivity index is 1.44. The second-order valence-corrected chi connectivity index (χ2v) is 7.95. The fraction of sp³-hybridized carbons (Fsp3) is 0.0870. The molecule has 0 saturated heterocycles. The van der Waals surface area contributed by atoms with Crippen molar-refractivity contribution in [1.29, 1.82) is 0 Å². The van der Waals surface area contributed by atoms with Gasteiger partial charge < -0.3 is 14.5 Å². The summed E-state index contributed by atoms with van der Waals surface area (Å²) in [6.45, 7) is 1.86. The van der Waals surface area contributed by atoms with Crippen molar-refractivity contribution < 1.29 is 18.7 Å². The average molecular weight is 468 g/mol. The van der Waals surface area contributed by atoms with Gasteiger partial charge in [-0.25, -0.2) is 9.78 Å². The minimum atomic E-state index is -0.541. The number of hydrogen-bond donors (Lipinski definition) is 2. The first kappa shape index (κ1) is 21.7. The standard InChI is InChI=1S/C23H18ClN3O4S/c1-13-15(21-25-18-7-3-4-9-20(18)31-21)6-5-8-17(13)26-23(29)27-32-22(28)14-10-11-19(30-2)16(24)12-14/h3-12H,1-2H3,(H2,26,27,29). The molecule has 0 radical (unpaired) electrons.